The van der Waals surface area contributed by atoms with E-state index in [1.807, 2.05) is 0 Å². The van der Waals surface area contributed by atoms with Crippen molar-refractivity contribution in [3.63, 3.8) is 0 Å². The minimum atomic E-state index is 0.951. The van der Waals surface area contributed by atoms with Gasteiger partial charge < -0.3 is 4.90 Å². The second-order valence-electron chi connectivity index (χ2n) is 3.83. The first-order valence-electron chi connectivity index (χ1n) is 4.60. The van der Waals surface area contributed by atoms with Crippen LogP contribution in [-0.4, -0.2) is 24.0 Å². The summed E-state index contributed by atoms with van der Waals surface area (Å²) >= 11 is 0. The van der Waals surface area contributed by atoms with E-state index in [1.165, 1.54) is 38.5 Å². The normalized spacial score (nSPS) is 41.7. The molecule has 1 heteroatoms. The molecule has 0 aromatic carbocycles. The van der Waals surface area contributed by atoms with Crippen molar-refractivity contribution >= 4 is 0 Å². The Morgan fingerprint density at radius 1 is 0.900 bits per heavy atom. The van der Waals surface area contributed by atoms with E-state index in [0.717, 1.165) is 12.1 Å². The first-order chi connectivity index (χ1) is 4.88. The number of nitrogens with zero attached hydrogens (tertiary/aromatic N) is 1. The first kappa shape index (κ1) is 6.66. The fourth-order valence-electron chi connectivity index (χ4n) is 2.55. The number of hydrogen-bond donors (Lipinski definition) is 0. The highest BCUT2D eigenvalue weighted by Crippen LogP contribution is 2.32. The van der Waals surface area contributed by atoms with Crippen molar-refractivity contribution in [3.8, 4) is 0 Å². The molecule has 2 fully saturated rings. The van der Waals surface area contributed by atoms with Crippen LogP contribution in [0.25, 0.3) is 0 Å². The molecule has 10 heavy (non-hydrogen) atoms. The van der Waals surface area contributed by atoms with Crippen LogP contribution in [0.3, 0.4) is 0 Å². The van der Waals surface area contributed by atoms with Gasteiger partial charge in [-0.1, -0.05) is 12.8 Å². The maximum Gasteiger partial charge on any atom is 0.00957 e. The van der Waals surface area contributed by atoms with E-state index in [4.69, 9.17) is 0 Å². The SMILES string of the molecule is CN1[C@@H]2CCCC[C@H]1CC2. The fourth-order valence-corrected chi connectivity index (χ4v) is 2.55. The quantitative estimate of drug-likeness (QED) is 0.496. The van der Waals surface area contributed by atoms with Gasteiger partial charge in [-0.15, -0.1) is 0 Å². The highest BCUT2D eigenvalue weighted by Gasteiger charge is 2.31. The molecule has 0 unspecified atom stereocenters. The van der Waals surface area contributed by atoms with Gasteiger partial charge >= 0.3 is 0 Å². The summed E-state index contributed by atoms with van der Waals surface area (Å²) < 4.78 is 0. The molecule has 0 saturated carbocycles. The Balaban J connectivity index is 2.07. The molecule has 58 valence electrons. The largest absolute Gasteiger partial charge is 0.300 e. The Bertz CT molecular complexity index is 108. The van der Waals surface area contributed by atoms with E-state index in [-0.39, 0.29) is 0 Å². The van der Waals surface area contributed by atoms with Gasteiger partial charge in [0.2, 0.25) is 0 Å². The highest BCUT2D eigenvalue weighted by molar-refractivity contribution is 4.87. The summed E-state index contributed by atoms with van der Waals surface area (Å²) in [5, 5.41) is 0. The predicted octanol–water partition coefficient (Wildman–Crippen LogP) is 2.02. The van der Waals surface area contributed by atoms with Gasteiger partial charge in [0.15, 0.2) is 0 Å². The number of hydrogen-bond acceptors (Lipinski definition) is 1. The van der Waals surface area contributed by atoms with Crippen LogP contribution in [0, 0.1) is 0 Å². The molecule has 0 aliphatic carbocycles. The molecule has 0 radical (unpaired) electrons. The third-order valence-electron chi connectivity index (χ3n) is 3.31. The van der Waals surface area contributed by atoms with Gasteiger partial charge in [-0.3, -0.25) is 0 Å². The zero-order chi connectivity index (χ0) is 6.97. The summed E-state index contributed by atoms with van der Waals surface area (Å²) in [6.07, 6.45) is 8.83. The summed E-state index contributed by atoms with van der Waals surface area (Å²) in [4.78, 5) is 2.62. The maximum atomic E-state index is 2.62. The molecule has 2 heterocycles. The van der Waals surface area contributed by atoms with Gasteiger partial charge in [0.1, 0.15) is 0 Å². The molecule has 2 aliphatic heterocycles. The van der Waals surface area contributed by atoms with E-state index in [9.17, 15) is 0 Å². The van der Waals surface area contributed by atoms with Crippen LogP contribution >= 0.6 is 0 Å². The van der Waals surface area contributed by atoms with E-state index < -0.39 is 0 Å². The van der Waals surface area contributed by atoms with Gasteiger partial charge in [0.05, 0.1) is 0 Å². The third kappa shape index (κ3) is 0.968. The van der Waals surface area contributed by atoms with E-state index in [2.05, 4.69) is 11.9 Å². The van der Waals surface area contributed by atoms with Gasteiger partial charge in [-0.25, -0.2) is 0 Å². The number of rotatable bonds is 0. The molecule has 0 N–H and O–H groups in total. The molecule has 2 atom stereocenters. The van der Waals surface area contributed by atoms with Crippen LogP contribution in [0.2, 0.25) is 0 Å². The lowest BCUT2D eigenvalue weighted by Crippen LogP contribution is -2.29. The van der Waals surface area contributed by atoms with E-state index >= 15 is 0 Å². The Kier molecular flexibility index (Phi) is 1.69. The Morgan fingerprint density at radius 3 is 1.90 bits per heavy atom. The van der Waals surface area contributed by atoms with Crippen LogP contribution in [0.5, 0.6) is 0 Å². The highest BCUT2D eigenvalue weighted by atomic mass is 15.2. The molecule has 1 nitrogen and oxygen atoms in total. The molecule has 2 saturated heterocycles. The first-order valence-corrected chi connectivity index (χ1v) is 4.60. The average Bonchev–Trinajstić information content (AvgIpc) is 2.06. The monoisotopic (exact) mass is 139 g/mol. The second-order valence-corrected chi connectivity index (χ2v) is 3.83. The minimum Gasteiger partial charge on any atom is -0.300 e. The molecule has 0 amide bonds. The molecule has 0 spiro atoms. The molecule has 2 aliphatic rings. The minimum absolute atomic E-state index is 0.951. The van der Waals surface area contributed by atoms with Gasteiger partial charge in [0, 0.05) is 12.1 Å². The Morgan fingerprint density at radius 2 is 1.40 bits per heavy atom. The lowest BCUT2D eigenvalue weighted by atomic mass is 10.0. The lowest BCUT2D eigenvalue weighted by Gasteiger charge is -2.21. The number of fused-ring (bicyclic) bond motifs is 2. The van der Waals surface area contributed by atoms with Crippen molar-refractivity contribution in [1.29, 1.82) is 0 Å². The smallest absolute Gasteiger partial charge is 0.00957 e. The molecular formula is C9H17N. The molecule has 0 aromatic heterocycles. The lowest BCUT2D eigenvalue weighted by molar-refractivity contribution is 0.244. The van der Waals surface area contributed by atoms with Crippen LogP contribution in [0.15, 0.2) is 0 Å². The molecule has 2 rings (SSSR count). The van der Waals surface area contributed by atoms with Gasteiger partial charge in [-0.05, 0) is 32.7 Å². The van der Waals surface area contributed by atoms with Crippen molar-refractivity contribution < 1.29 is 0 Å². The summed E-state index contributed by atoms with van der Waals surface area (Å²) in [7, 11) is 2.31. The van der Waals surface area contributed by atoms with Crippen LogP contribution in [-0.2, 0) is 0 Å². The summed E-state index contributed by atoms with van der Waals surface area (Å²) in [5.41, 5.74) is 0. The molecule has 0 aromatic rings. The molecule has 2 bridgehead atoms. The summed E-state index contributed by atoms with van der Waals surface area (Å²) in [6.45, 7) is 0. The summed E-state index contributed by atoms with van der Waals surface area (Å²) in [6, 6.07) is 1.90. The standard InChI is InChI=1S/C9H17N/c1-10-8-4-2-3-5-9(10)7-6-8/h8-9H,2-7H2,1H3/t8-,9+. The van der Waals surface area contributed by atoms with E-state index in [0.29, 0.717) is 0 Å². The van der Waals surface area contributed by atoms with Gasteiger partial charge in [-0.2, -0.15) is 0 Å². The third-order valence-corrected chi connectivity index (χ3v) is 3.31. The topological polar surface area (TPSA) is 3.24 Å². The second kappa shape index (κ2) is 2.54. The van der Waals surface area contributed by atoms with Crippen molar-refractivity contribution in [3.05, 3.63) is 0 Å². The van der Waals surface area contributed by atoms with Crippen molar-refractivity contribution in [2.45, 2.75) is 50.6 Å². The Labute approximate surface area is 63.4 Å². The predicted molar refractivity (Wildman–Crippen MR) is 43.0 cm³/mol. The van der Waals surface area contributed by atoms with Crippen LogP contribution < -0.4 is 0 Å². The van der Waals surface area contributed by atoms with Crippen LogP contribution in [0.1, 0.15) is 38.5 Å². The molecular weight excluding hydrogens is 122 g/mol. The maximum absolute atomic E-state index is 2.62. The van der Waals surface area contributed by atoms with Crippen molar-refractivity contribution in [1.82, 2.24) is 4.90 Å². The summed E-state index contributed by atoms with van der Waals surface area (Å²) in [5.74, 6) is 0. The Hall–Kier alpha value is -0.0400. The van der Waals surface area contributed by atoms with Crippen LogP contribution in [0.4, 0.5) is 0 Å². The van der Waals surface area contributed by atoms with E-state index in [1.54, 1.807) is 0 Å². The van der Waals surface area contributed by atoms with Crippen molar-refractivity contribution in [2.75, 3.05) is 7.05 Å². The van der Waals surface area contributed by atoms with Crippen molar-refractivity contribution in [2.24, 2.45) is 0 Å². The van der Waals surface area contributed by atoms with Gasteiger partial charge in [0.25, 0.3) is 0 Å². The zero-order valence-electron chi connectivity index (χ0n) is 6.84. The fraction of sp³-hybridized carbons (Fsp3) is 1.00. The average molecular weight is 139 g/mol. The zero-order valence-corrected chi connectivity index (χ0v) is 6.84.